The highest BCUT2D eigenvalue weighted by Gasteiger charge is 2.14. The Labute approximate surface area is 90.4 Å². The maximum Gasteiger partial charge on any atom is 0.334 e. The number of carboxylic acid groups (broad SMARTS) is 1. The van der Waals surface area contributed by atoms with E-state index in [0.29, 0.717) is 0 Å². The fraction of sp³-hybridized carbons (Fsp3) is 0.333. The molecule has 0 aromatic carbocycles. The van der Waals surface area contributed by atoms with Gasteiger partial charge in [0.05, 0.1) is 13.0 Å². The standard InChI is InChI=1S/C9H11NO4S/c11-7(9(13)14)4-10-8(12)3-6-1-2-15-5-6/h1-2,5,7,11H,3-4H2,(H,10,12)(H,13,14)/t7-/m0/s1. The van der Waals surface area contributed by atoms with Gasteiger partial charge in [0.25, 0.3) is 0 Å². The van der Waals surface area contributed by atoms with E-state index >= 15 is 0 Å². The first-order valence-corrected chi connectivity index (χ1v) is 5.22. The second kappa shape index (κ2) is 5.47. The zero-order chi connectivity index (χ0) is 11.3. The van der Waals surface area contributed by atoms with Crippen molar-refractivity contribution < 1.29 is 19.8 Å². The summed E-state index contributed by atoms with van der Waals surface area (Å²) in [5, 5.41) is 23.3. The lowest BCUT2D eigenvalue weighted by Crippen LogP contribution is -2.37. The van der Waals surface area contributed by atoms with Crippen LogP contribution in [0.3, 0.4) is 0 Å². The molecule has 1 aromatic heterocycles. The van der Waals surface area contributed by atoms with Gasteiger partial charge in [-0.15, -0.1) is 0 Å². The van der Waals surface area contributed by atoms with E-state index in [2.05, 4.69) is 5.32 Å². The number of aliphatic hydroxyl groups is 1. The highest BCUT2D eigenvalue weighted by atomic mass is 32.1. The molecule has 0 aliphatic carbocycles. The van der Waals surface area contributed by atoms with Gasteiger partial charge in [-0.2, -0.15) is 11.3 Å². The first kappa shape index (κ1) is 11.7. The summed E-state index contributed by atoms with van der Waals surface area (Å²) in [4.78, 5) is 21.5. The summed E-state index contributed by atoms with van der Waals surface area (Å²) in [5.41, 5.74) is 0.877. The second-order valence-corrected chi connectivity index (χ2v) is 3.75. The molecule has 0 radical (unpaired) electrons. The molecular formula is C9H11NO4S. The van der Waals surface area contributed by atoms with E-state index in [1.54, 1.807) is 0 Å². The first-order valence-electron chi connectivity index (χ1n) is 4.28. The molecule has 0 saturated carbocycles. The molecule has 5 nitrogen and oxygen atoms in total. The Bertz CT molecular complexity index is 336. The molecule has 0 spiro atoms. The molecule has 0 saturated heterocycles. The van der Waals surface area contributed by atoms with Crippen molar-refractivity contribution in [1.82, 2.24) is 5.32 Å². The van der Waals surface area contributed by atoms with Crippen molar-refractivity contribution in [3.05, 3.63) is 22.4 Å². The third-order valence-corrected chi connectivity index (χ3v) is 2.45. The van der Waals surface area contributed by atoms with Gasteiger partial charge >= 0.3 is 5.97 Å². The Morgan fingerprint density at radius 1 is 1.53 bits per heavy atom. The molecule has 1 rings (SSSR count). The lowest BCUT2D eigenvalue weighted by molar-refractivity contribution is -0.146. The largest absolute Gasteiger partial charge is 0.479 e. The van der Waals surface area contributed by atoms with E-state index in [0.717, 1.165) is 5.56 Å². The average molecular weight is 229 g/mol. The fourth-order valence-corrected chi connectivity index (χ4v) is 1.61. The van der Waals surface area contributed by atoms with E-state index < -0.39 is 12.1 Å². The number of hydrogen-bond acceptors (Lipinski definition) is 4. The van der Waals surface area contributed by atoms with Crippen LogP contribution in [0.5, 0.6) is 0 Å². The molecule has 0 aliphatic heterocycles. The summed E-state index contributed by atoms with van der Waals surface area (Å²) in [7, 11) is 0. The number of hydrogen-bond donors (Lipinski definition) is 3. The molecule has 82 valence electrons. The monoisotopic (exact) mass is 229 g/mol. The number of amides is 1. The van der Waals surface area contributed by atoms with Crippen LogP contribution >= 0.6 is 11.3 Å². The SMILES string of the molecule is O=C(Cc1ccsc1)NC[C@H](O)C(=O)O. The number of aliphatic hydroxyl groups excluding tert-OH is 1. The maximum absolute atomic E-state index is 11.2. The summed E-state index contributed by atoms with van der Waals surface area (Å²) in [6.45, 7) is -0.266. The van der Waals surface area contributed by atoms with Crippen LogP contribution in [0.2, 0.25) is 0 Å². The normalized spacial score (nSPS) is 12.1. The van der Waals surface area contributed by atoms with Gasteiger partial charge < -0.3 is 15.5 Å². The quantitative estimate of drug-likeness (QED) is 0.655. The minimum Gasteiger partial charge on any atom is -0.479 e. The molecule has 1 heterocycles. The molecule has 15 heavy (non-hydrogen) atoms. The number of thiophene rings is 1. The molecule has 1 amide bonds. The van der Waals surface area contributed by atoms with E-state index in [1.807, 2.05) is 16.8 Å². The molecule has 0 fully saturated rings. The number of carbonyl (C=O) groups is 2. The fourth-order valence-electron chi connectivity index (χ4n) is 0.939. The Morgan fingerprint density at radius 3 is 2.80 bits per heavy atom. The van der Waals surface area contributed by atoms with Gasteiger partial charge in [0, 0.05) is 0 Å². The molecule has 3 N–H and O–H groups in total. The van der Waals surface area contributed by atoms with Gasteiger partial charge in [-0.25, -0.2) is 4.79 Å². The lowest BCUT2D eigenvalue weighted by Gasteiger charge is -2.06. The highest BCUT2D eigenvalue weighted by molar-refractivity contribution is 7.07. The molecule has 6 heteroatoms. The maximum atomic E-state index is 11.2. The Hall–Kier alpha value is -1.40. The Morgan fingerprint density at radius 2 is 2.27 bits per heavy atom. The van der Waals surface area contributed by atoms with Crippen molar-refractivity contribution in [1.29, 1.82) is 0 Å². The number of rotatable bonds is 5. The number of carboxylic acids is 1. The zero-order valence-corrected chi connectivity index (χ0v) is 8.66. The molecule has 0 unspecified atom stereocenters. The van der Waals surface area contributed by atoms with Crippen LogP contribution in [-0.4, -0.2) is 34.7 Å². The summed E-state index contributed by atoms with van der Waals surface area (Å²) in [5.74, 6) is -1.64. The summed E-state index contributed by atoms with van der Waals surface area (Å²) < 4.78 is 0. The van der Waals surface area contributed by atoms with Gasteiger partial charge in [0.15, 0.2) is 6.10 Å². The third kappa shape index (κ3) is 4.09. The van der Waals surface area contributed by atoms with Crippen LogP contribution < -0.4 is 5.32 Å². The molecule has 1 atom stereocenters. The Balaban J connectivity index is 2.28. The minimum absolute atomic E-state index is 0.204. The van der Waals surface area contributed by atoms with Crippen molar-refractivity contribution in [3.8, 4) is 0 Å². The van der Waals surface area contributed by atoms with Crippen molar-refractivity contribution in [2.75, 3.05) is 6.54 Å². The van der Waals surface area contributed by atoms with Crippen molar-refractivity contribution in [3.63, 3.8) is 0 Å². The molecular weight excluding hydrogens is 218 g/mol. The summed E-state index contributed by atoms with van der Waals surface area (Å²) >= 11 is 1.49. The number of aliphatic carboxylic acids is 1. The zero-order valence-electron chi connectivity index (χ0n) is 7.84. The number of nitrogens with one attached hydrogen (secondary N) is 1. The van der Waals surface area contributed by atoms with Gasteiger partial charge in [-0.3, -0.25) is 4.79 Å². The number of carbonyl (C=O) groups excluding carboxylic acids is 1. The van der Waals surface area contributed by atoms with Crippen molar-refractivity contribution in [2.24, 2.45) is 0 Å². The van der Waals surface area contributed by atoms with Crippen molar-refractivity contribution in [2.45, 2.75) is 12.5 Å². The van der Waals surface area contributed by atoms with Gasteiger partial charge in [-0.1, -0.05) is 0 Å². The second-order valence-electron chi connectivity index (χ2n) is 2.97. The minimum atomic E-state index is -1.54. The van der Waals surface area contributed by atoms with E-state index in [9.17, 15) is 9.59 Å². The van der Waals surface area contributed by atoms with Gasteiger partial charge in [0.2, 0.25) is 5.91 Å². The van der Waals surface area contributed by atoms with Crippen LogP contribution in [-0.2, 0) is 16.0 Å². The highest BCUT2D eigenvalue weighted by Crippen LogP contribution is 2.06. The Kier molecular flexibility index (Phi) is 4.26. The van der Waals surface area contributed by atoms with Crippen LogP contribution in [0.4, 0.5) is 0 Å². The van der Waals surface area contributed by atoms with Gasteiger partial charge in [-0.05, 0) is 22.4 Å². The summed E-state index contributed by atoms with van der Waals surface area (Å²) in [6.07, 6.45) is -1.34. The lowest BCUT2D eigenvalue weighted by atomic mass is 10.2. The predicted octanol–water partition coefficient (Wildman–Crippen LogP) is -0.148. The van der Waals surface area contributed by atoms with Crippen molar-refractivity contribution >= 4 is 23.2 Å². The molecule has 0 bridgehead atoms. The smallest absolute Gasteiger partial charge is 0.334 e. The topological polar surface area (TPSA) is 86.6 Å². The van der Waals surface area contributed by atoms with Gasteiger partial charge in [0.1, 0.15) is 0 Å². The first-order chi connectivity index (χ1) is 7.09. The van der Waals surface area contributed by atoms with E-state index in [4.69, 9.17) is 10.2 Å². The van der Waals surface area contributed by atoms with Crippen LogP contribution in [0.1, 0.15) is 5.56 Å². The van der Waals surface area contributed by atoms with E-state index in [1.165, 1.54) is 11.3 Å². The van der Waals surface area contributed by atoms with Crippen LogP contribution in [0.25, 0.3) is 0 Å². The van der Waals surface area contributed by atoms with Crippen LogP contribution in [0.15, 0.2) is 16.8 Å². The van der Waals surface area contributed by atoms with E-state index in [-0.39, 0.29) is 18.9 Å². The predicted molar refractivity (Wildman–Crippen MR) is 54.7 cm³/mol. The third-order valence-electron chi connectivity index (χ3n) is 1.72. The van der Waals surface area contributed by atoms with Crippen LogP contribution in [0, 0.1) is 0 Å². The average Bonchev–Trinajstić information content (AvgIpc) is 2.66. The summed E-state index contributed by atoms with van der Waals surface area (Å²) in [6, 6.07) is 1.82. The molecule has 1 aromatic rings. The molecule has 0 aliphatic rings.